The number of hydrogen-bond acceptors (Lipinski definition) is 5. The molecule has 1 fully saturated rings. The van der Waals surface area contributed by atoms with Crippen LogP contribution in [0, 0.1) is 5.41 Å². The van der Waals surface area contributed by atoms with Crippen molar-refractivity contribution in [2.75, 3.05) is 6.54 Å². The third-order valence-corrected chi connectivity index (χ3v) is 5.27. The lowest BCUT2D eigenvalue weighted by molar-refractivity contribution is -0.138. The molecule has 6 N–H and O–H groups in total. The van der Waals surface area contributed by atoms with Gasteiger partial charge in [0.05, 0.1) is 12.5 Å². The average Bonchev–Trinajstić information content (AvgIpc) is 2.97. The lowest BCUT2D eigenvalue weighted by Gasteiger charge is -2.23. The van der Waals surface area contributed by atoms with Crippen molar-refractivity contribution in [2.24, 2.45) is 5.73 Å². The van der Waals surface area contributed by atoms with Gasteiger partial charge in [-0.1, -0.05) is 54.6 Å². The Labute approximate surface area is 183 Å². The first kappa shape index (κ1) is 22.5. The van der Waals surface area contributed by atoms with Crippen LogP contribution in [0.15, 0.2) is 54.6 Å². The maximum Gasteiger partial charge on any atom is 0.325 e. The number of rotatable bonds is 8. The van der Waals surface area contributed by atoms with Crippen molar-refractivity contribution in [1.82, 2.24) is 15.5 Å². The molecule has 2 aromatic carbocycles. The van der Waals surface area contributed by atoms with E-state index in [1.165, 1.54) is 6.92 Å². The highest BCUT2D eigenvalue weighted by molar-refractivity contribution is 6.09. The third-order valence-electron chi connectivity index (χ3n) is 5.27. The molecule has 1 aliphatic rings. The van der Waals surface area contributed by atoms with E-state index in [0.717, 1.165) is 4.90 Å². The van der Waals surface area contributed by atoms with Gasteiger partial charge in [-0.05, 0) is 18.1 Å². The van der Waals surface area contributed by atoms with Crippen molar-refractivity contribution in [1.29, 1.82) is 5.41 Å². The van der Waals surface area contributed by atoms with Crippen LogP contribution in [0.2, 0.25) is 0 Å². The van der Waals surface area contributed by atoms with E-state index in [0.29, 0.717) is 16.7 Å². The molecule has 0 radical (unpaired) electrons. The van der Waals surface area contributed by atoms with Gasteiger partial charge in [-0.2, -0.15) is 0 Å². The van der Waals surface area contributed by atoms with Gasteiger partial charge < -0.3 is 21.5 Å². The van der Waals surface area contributed by atoms with Gasteiger partial charge in [0.25, 0.3) is 5.91 Å². The van der Waals surface area contributed by atoms with Gasteiger partial charge in [0.15, 0.2) is 0 Å². The zero-order valence-corrected chi connectivity index (χ0v) is 17.3. The fourth-order valence-electron chi connectivity index (χ4n) is 3.52. The van der Waals surface area contributed by atoms with E-state index in [1.54, 1.807) is 54.6 Å². The molecule has 2 aromatic rings. The molecule has 0 unspecified atom stereocenters. The van der Waals surface area contributed by atoms with Gasteiger partial charge >= 0.3 is 12.0 Å². The standard InChI is InChI=1S/C22H23N5O5/c1-22(15-9-7-14(8-10-15)19(23)24)20(31)27(21(32)26-22)12-17(28)25-16(11-18(29)30)13-5-3-2-4-6-13/h2-10,16H,11-12H2,1H3,(H3,23,24)(H,25,28)(H,26,32)(H,29,30)/t16-,22+/m1/s1. The predicted molar refractivity (Wildman–Crippen MR) is 115 cm³/mol. The van der Waals surface area contributed by atoms with Crippen molar-refractivity contribution < 1.29 is 24.3 Å². The number of aliphatic carboxylic acids is 1. The Kier molecular flexibility index (Phi) is 6.24. The number of amidine groups is 1. The zero-order valence-electron chi connectivity index (χ0n) is 17.3. The molecule has 10 heteroatoms. The third kappa shape index (κ3) is 4.59. The van der Waals surface area contributed by atoms with Crippen molar-refractivity contribution in [3.63, 3.8) is 0 Å². The van der Waals surface area contributed by atoms with Crippen molar-refractivity contribution >= 4 is 29.7 Å². The second-order valence-electron chi connectivity index (χ2n) is 7.57. The van der Waals surface area contributed by atoms with Gasteiger partial charge in [0, 0.05) is 5.56 Å². The Balaban J connectivity index is 1.74. The van der Waals surface area contributed by atoms with Crippen LogP contribution in [-0.2, 0) is 19.9 Å². The molecule has 2 atom stereocenters. The number of carboxylic acid groups (broad SMARTS) is 1. The maximum atomic E-state index is 13.0. The summed E-state index contributed by atoms with van der Waals surface area (Å²) in [5.74, 6) is -2.52. The van der Waals surface area contributed by atoms with Gasteiger partial charge in [0.2, 0.25) is 5.91 Å². The molecule has 0 bridgehead atoms. The van der Waals surface area contributed by atoms with Crippen LogP contribution >= 0.6 is 0 Å². The van der Waals surface area contributed by atoms with Crippen molar-refractivity contribution in [2.45, 2.75) is 24.9 Å². The summed E-state index contributed by atoms with van der Waals surface area (Å²) >= 11 is 0. The molecule has 0 aliphatic carbocycles. The van der Waals surface area contributed by atoms with Gasteiger partial charge in [0.1, 0.15) is 17.9 Å². The monoisotopic (exact) mass is 437 g/mol. The molecule has 32 heavy (non-hydrogen) atoms. The van der Waals surface area contributed by atoms with E-state index in [1.807, 2.05) is 0 Å². The topological polar surface area (TPSA) is 166 Å². The Morgan fingerprint density at radius 3 is 2.34 bits per heavy atom. The number of urea groups is 1. The average molecular weight is 437 g/mol. The van der Waals surface area contributed by atoms with Crippen molar-refractivity contribution in [3.05, 3.63) is 71.3 Å². The van der Waals surface area contributed by atoms with Crippen LogP contribution in [-0.4, -0.2) is 46.2 Å². The number of carboxylic acids is 1. The smallest absolute Gasteiger partial charge is 0.325 e. The van der Waals surface area contributed by atoms with Gasteiger partial charge in [-0.3, -0.25) is 24.7 Å². The van der Waals surface area contributed by atoms with E-state index in [2.05, 4.69) is 10.6 Å². The summed E-state index contributed by atoms with van der Waals surface area (Å²) in [6, 6.07) is 13.3. The molecule has 1 aliphatic heterocycles. The number of nitrogens with one attached hydrogen (secondary N) is 3. The van der Waals surface area contributed by atoms with Crippen LogP contribution in [0.25, 0.3) is 0 Å². The van der Waals surface area contributed by atoms with E-state index in [9.17, 15) is 24.3 Å². The molecule has 4 amide bonds. The number of imide groups is 1. The number of nitrogens with zero attached hydrogens (tertiary/aromatic N) is 1. The number of nitrogens with two attached hydrogens (primary N) is 1. The molecule has 166 valence electrons. The summed E-state index contributed by atoms with van der Waals surface area (Å²) in [6.45, 7) is 0.958. The second-order valence-corrected chi connectivity index (χ2v) is 7.57. The fraction of sp³-hybridized carbons (Fsp3) is 0.227. The number of carbonyl (C=O) groups excluding carboxylic acids is 3. The number of benzene rings is 2. The maximum absolute atomic E-state index is 13.0. The van der Waals surface area contributed by atoms with Crippen LogP contribution in [0.5, 0.6) is 0 Å². The molecular weight excluding hydrogens is 414 g/mol. The van der Waals surface area contributed by atoms with E-state index in [4.69, 9.17) is 11.1 Å². The summed E-state index contributed by atoms with van der Waals surface area (Å²) in [4.78, 5) is 50.1. The molecule has 0 spiro atoms. The van der Waals surface area contributed by atoms with Gasteiger partial charge in [-0.25, -0.2) is 4.79 Å². The lowest BCUT2D eigenvalue weighted by atomic mass is 9.91. The summed E-state index contributed by atoms with van der Waals surface area (Å²) in [7, 11) is 0. The highest BCUT2D eigenvalue weighted by Crippen LogP contribution is 2.29. The number of amides is 4. The van der Waals surface area contributed by atoms with Crippen LogP contribution in [0.4, 0.5) is 4.79 Å². The molecule has 1 heterocycles. The Hall–Kier alpha value is -4.21. The molecule has 10 nitrogen and oxygen atoms in total. The minimum atomic E-state index is -1.40. The fourth-order valence-corrected chi connectivity index (χ4v) is 3.52. The normalized spacial score (nSPS) is 18.7. The Morgan fingerprint density at radius 1 is 1.16 bits per heavy atom. The highest BCUT2D eigenvalue weighted by Gasteiger charge is 2.49. The van der Waals surface area contributed by atoms with E-state index in [-0.39, 0.29) is 12.3 Å². The van der Waals surface area contributed by atoms with Crippen LogP contribution in [0.1, 0.15) is 36.1 Å². The molecular formula is C22H23N5O5. The first-order chi connectivity index (χ1) is 15.1. The first-order valence-corrected chi connectivity index (χ1v) is 9.77. The minimum absolute atomic E-state index is 0.129. The number of hydrogen-bond donors (Lipinski definition) is 5. The first-order valence-electron chi connectivity index (χ1n) is 9.77. The van der Waals surface area contributed by atoms with Crippen LogP contribution in [0.3, 0.4) is 0 Å². The zero-order chi connectivity index (χ0) is 23.5. The number of nitrogen functional groups attached to an aromatic ring is 1. The largest absolute Gasteiger partial charge is 0.481 e. The quantitative estimate of drug-likeness (QED) is 0.235. The Morgan fingerprint density at radius 2 is 1.78 bits per heavy atom. The summed E-state index contributed by atoms with van der Waals surface area (Å²) in [5.41, 5.74) is 5.58. The minimum Gasteiger partial charge on any atom is -0.481 e. The molecule has 0 aromatic heterocycles. The molecule has 3 rings (SSSR count). The van der Waals surface area contributed by atoms with E-state index < -0.39 is 41.9 Å². The second kappa shape index (κ2) is 8.88. The Bertz CT molecular complexity index is 1070. The van der Waals surface area contributed by atoms with E-state index >= 15 is 0 Å². The highest BCUT2D eigenvalue weighted by atomic mass is 16.4. The lowest BCUT2D eigenvalue weighted by Crippen LogP contribution is -2.44. The molecule has 1 saturated heterocycles. The van der Waals surface area contributed by atoms with Gasteiger partial charge in [-0.15, -0.1) is 0 Å². The summed E-state index contributed by atoms with van der Waals surface area (Å²) < 4.78 is 0. The summed E-state index contributed by atoms with van der Waals surface area (Å²) in [5, 5.41) is 21.8. The summed E-state index contributed by atoms with van der Waals surface area (Å²) in [6.07, 6.45) is -0.351. The van der Waals surface area contributed by atoms with Crippen molar-refractivity contribution in [3.8, 4) is 0 Å². The van der Waals surface area contributed by atoms with Crippen LogP contribution < -0.4 is 16.4 Å². The molecule has 0 saturated carbocycles. The number of carbonyl (C=O) groups is 4. The predicted octanol–water partition coefficient (Wildman–Crippen LogP) is 1.07. The SMILES string of the molecule is C[C@@]1(c2ccc(C(=N)N)cc2)NC(=O)N(CC(=O)N[C@H](CC(=O)O)c2ccccc2)C1=O.